The van der Waals surface area contributed by atoms with Gasteiger partial charge < -0.3 is 84.0 Å². The lowest BCUT2D eigenvalue weighted by Crippen LogP contribution is -2.66. The first-order chi connectivity index (χ1) is 46.1. The summed E-state index contributed by atoms with van der Waals surface area (Å²) in [5.74, 6) is -11.1. The van der Waals surface area contributed by atoms with Crippen molar-refractivity contribution in [3.05, 3.63) is 0 Å². The van der Waals surface area contributed by atoms with Crippen molar-refractivity contribution in [3.63, 3.8) is 0 Å². The van der Waals surface area contributed by atoms with Crippen molar-refractivity contribution >= 4 is 88.6 Å². The Balaban J connectivity index is 1.70. The van der Waals surface area contributed by atoms with Crippen LogP contribution < -0.4 is 64.2 Å². The van der Waals surface area contributed by atoms with Crippen molar-refractivity contribution in [2.75, 3.05) is 26.2 Å². The van der Waals surface area contributed by atoms with Gasteiger partial charge in [0, 0.05) is 33.0 Å². The monoisotopic (exact) mass is 1410 g/mol. The van der Waals surface area contributed by atoms with E-state index in [0.717, 1.165) is 0 Å². The summed E-state index contributed by atoms with van der Waals surface area (Å²) in [6, 6.07) is -9.84. The third-order valence-corrected chi connectivity index (χ3v) is 18.8. The highest BCUT2D eigenvalue weighted by Gasteiger charge is 2.49. The molecule has 31 heteroatoms. The van der Waals surface area contributed by atoms with E-state index in [4.69, 9.17) is 5.73 Å². The summed E-state index contributed by atoms with van der Waals surface area (Å²) >= 11 is 0. The van der Waals surface area contributed by atoms with Crippen LogP contribution in [0.25, 0.3) is 0 Å². The molecule has 0 aromatic heterocycles. The number of carbonyl (C=O) groups is 15. The van der Waals surface area contributed by atoms with E-state index in [1.54, 1.807) is 41.5 Å². The van der Waals surface area contributed by atoms with Crippen molar-refractivity contribution in [2.45, 2.75) is 298 Å². The highest BCUT2D eigenvalue weighted by atomic mass is 16.3. The highest BCUT2D eigenvalue weighted by molar-refractivity contribution is 6.02. The average molecular weight is 1410 g/mol. The van der Waals surface area contributed by atoms with Gasteiger partial charge in [-0.3, -0.25) is 71.9 Å². The molecule has 100 heavy (non-hydrogen) atoms. The summed E-state index contributed by atoms with van der Waals surface area (Å²) in [6.07, 6.45) is 2.64. The van der Waals surface area contributed by atoms with Crippen LogP contribution in [0.3, 0.4) is 0 Å². The van der Waals surface area contributed by atoms with E-state index < -0.39 is 183 Å². The number of carbonyl (C=O) groups excluding carboxylic acids is 15. The van der Waals surface area contributed by atoms with Crippen LogP contribution >= 0.6 is 0 Å². The van der Waals surface area contributed by atoms with Gasteiger partial charge in [-0.15, -0.1) is 0 Å². The molecule has 14 N–H and O–H groups in total. The number of likely N-dealkylation sites (tertiary alicyclic amines) is 3. The fraction of sp³-hybridized carbons (Fsp3) is 0.783. The number of aliphatic hydroxyl groups excluding tert-OH is 1. The number of nitrogens with one attached hydrogen (secondary N) is 11. The number of nitrogens with two attached hydrogens (primary N) is 1. The Morgan fingerprint density at radius 2 is 0.910 bits per heavy atom. The molecule has 15 amide bonds. The predicted octanol–water partition coefficient (Wildman–Crippen LogP) is -0.176. The minimum absolute atomic E-state index is 0.0482. The van der Waals surface area contributed by atoms with Gasteiger partial charge in [0.15, 0.2) is 0 Å². The number of hydrogen-bond acceptors (Lipinski definition) is 16. The van der Waals surface area contributed by atoms with E-state index in [1.165, 1.54) is 90.9 Å². The zero-order valence-corrected chi connectivity index (χ0v) is 62.8. The smallest absolute Gasteiger partial charge is 0.248 e. The SMILES string of the molecule is CC[C@H](C)[C@H](NC(=O)[C@@](C)(CC)NC(=O)[C@@H]1CCCN1C(=O)C(C)(C)NC(=O)[C@@H](NC(=O)[C@H](C)NC(=O)[C@@H]1CCCN1C(=O)C(C)(C)NC(=O)[C@H](CC(C)C)NC(=O)[C@H](CCC(N)=O)NC(=O)C(C)(C)NC(C)=O)C(C)C)C(=O)NC(C)(C)C(=O)N1CCC[C@H]1C(=O)N[C@H](CO)CC(C)C. The first kappa shape index (κ1) is 86.2. The van der Waals surface area contributed by atoms with Gasteiger partial charge in [-0.25, -0.2) is 0 Å². The lowest BCUT2D eigenvalue weighted by molar-refractivity contribution is -0.147. The van der Waals surface area contributed by atoms with Crippen LogP contribution in [0.15, 0.2) is 0 Å². The van der Waals surface area contributed by atoms with Gasteiger partial charge in [0.1, 0.15) is 76.0 Å². The normalized spacial score (nSPS) is 19.3. The van der Waals surface area contributed by atoms with Crippen LogP contribution in [-0.4, -0.2) is 217 Å². The van der Waals surface area contributed by atoms with E-state index in [0.29, 0.717) is 38.5 Å². The predicted molar refractivity (Wildman–Crippen MR) is 372 cm³/mol. The lowest BCUT2D eigenvalue weighted by Gasteiger charge is -2.37. The second-order valence-corrected chi connectivity index (χ2v) is 30.8. The summed E-state index contributed by atoms with van der Waals surface area (Å²) in [4.78, 5) is 210. The molecule has 3 heterocycles. The topological polar surface area (TPSA) is 444 Å². The largest absolute Gasteiger partial charge is 0.394 e. The molecule has 0 unspecified atom stereocenters. The molecule has 0 aliphatic carbocycles. The summed E-state index contributed by atoms with van der Waals surface area (Å²) in [5, 5.41) is 39.7. The molecule has 0 aromatic rings. The van der Waals surface area contributed by atoms with Gasteiger partial charge in [0.2, 0.25) is 88.6 Å². The number of rotatable bonds is 36. The van der Waals surface area contributed by atoms with Crippen LogP contribution in [0.4, 0.5) is 0 Å². The van der Waals surface area contributed by atoms with Gasteiger partial charge in [-0.2, -0.15) is 0 Å². The van der Waals surface area contributed by atoms with Gasteiger partial charge in [-0.1, -0.05) is 68.7 Å². The Bertz CT molecular complexity index is 3010. The number of amides is 15. The lowest BCUT2D eigenvalue weighted by atomic mass is 9.92. The quantitative estimate of drug-likeness (QED) is 0.0387. The van der Waals surface area contributed by atoms with E-state index in [-0.39, 0.29) is 76.6 Å². The van der Waals surface area contributed by atoms with Crippen molar-refractivity contribution in [1.82, 2.24) is 73.2 Å². The van der Waals surface area contributed by atoms with Gasteiger partial charge in [-0.05, 0) is 157 Å². The standard InChI is InChI=1S/C69H119N15O16/c1-21-40(9)51(59(95)80-68(18,19)63(99)83-32-24-27-47(83)56(92)72-43(36-85)34-37(3)4)76-61(97)69(20,22-2)81-57(93)48-28-25-33-84(48)64(100)67(16,17)79-58(94)50(39(7)8)75-52(88)41(10)71-55(91)46-26-23-31-82(46)62(98)66(14,15)78-54(90)45(35-38(5)6)73-53(89)44(29-30-49(70)87)74-60(96)65(12,13)77-42(11)86/h37-41,43-48,50-51,85H,21-36H2,1-20H3,(H2,70,87)(H,71,91)(H,72,92)(H,73,89)(H,74,96)(H,75,88)(H,76,97)(H,77,86)(H,78,90)(H,79,94)(H,80,95)(H,81,93)/t40-,41-,43-,44-,45-,46-,47-,48-,50-,51-,69+/m0/s1. The molecule has 31 nitrogen and oxygen atoms in total. The summed E-state index contributed by atoms with van der Waals surface area (Å²) in [6.45, 7) is 32.0. The molecule has 3 fully saturated rings. The number of nitrogens with zero attached hydrogens (tertiary/aromatic N) is 3. The maximum absolute atomic E-state index is 14.5. The fourth-order valence-corrected chi connectivity index (χ4v) is 12.5. The van der Waals surface area contributed by atoms with E-state index in [9.17, 15) is 77.0 Å². The maximum atomic E-state index is 14.5. The molecular weight excluding hydrogens is 1290 g/mol. The van der Waals surface area contributed by atoms with Crippen molar-refractivity contribution in [1.29, 1.82) is 0 Å². The summed E-state index contributed by atoms with van der Waals surface area (Å²) in [5.41, 5.74) is -2.61. The Hall–Kier alpha value is -7.99. The van der Waals surface area contributed by atoms with Crippen LogP contribution in [0.2, 0.25) is 0 Å². The van der Waals surface area contributed by atoms with Crippen LogP contribution in [0.5, 0.6) is 0 Å². The Kier molecular flexibility index (Phi) is 31.5. The Labute approximate surface area is 589 Å². The van der Waals surface area contributed by atoms with E-state index in [2.05, 4.69) is 58.5 Å². The van der Waals surface area contributed by atoms with Crippen LogP contribution in [0.1, 0.15) is 216 Å². The molecule has 11 atom stereocenters. The first-order valence-corrected chi connectivity index (χ1v) is 35.3. The number of aliphatic hydroxyl groups is 1. The minimum atomic E-state index is -1.68. The molecule has 3 aliphatic rings. The molecule has 0 spiro atoms. The molecule has 0 aromatic carbocycles. The van der Waals surface area contributed by atoms with Crippen molar-refractivity contribution in [3.8, 4) is 0 Å². The average Bonchev–Trinajstić information content (AvgIpc) is 1.53. The van der Waals surface area contributed by atoms with Gasteiger partial charge in [0.25, 0.3) is 0 Å². The van der Waals surface area contributed by atoms with Crippen LogP contribution in [-0.2, 0) is 71.9 Å². The molecule has 566 valence electrons. The molecule has 0 radical (unpaired) electrons. The number of primary amides is 1. The Morgan fingerprint density at radius 1 is 0.470 bits per heavy atom. The molecule has 0 bridgehead atoms. The van der Waals surface area contributed by atoms with E-state index >= 15 is 0 Å². The second kappa shape index (κ2) is 36.6. The van der Waals surface area contributed by atoms with Crippen molar-refractivity contribution in [2.24, 2.45) is 29.4 Å². The van der Waals surface area contributed by atoms with E-state index in [1.807, 2.05) is 20.8 Å². The zero-order chi connectivity index (χ0) is 76.5. The van der Waals surface area contributed by atoms with Gasteiger partial charge in [0.05, 0.1) is 12.6 Å². The third kappa shape index (κ3) is 23.8. The highest BCUT2D eigenvalue weighted by Crippen LogP contribution is 2.27. The van der Waals surface area contributed by atoms with Gasteiger partial charge >= 0.3 is 0 Å². The fourth-order valence-electron chi connectivity index (χ4n) is 12.5. The number of hydrogen-bond donors (Lipinski definition) is 13. The molecular formula is C69H119N15O16. The van der Waals surface area contributed by atoms with Crippen LogP contribution in [0, 0.1) is 23.7 Å². The van der Waals surface area contributed by atoms with Crippen molar-refractivity contribution < 1.29 is 77.0 Å². The summed E-state index contributed by atoms with van der Waals surface area (Å²) in [7, 11) is 0. The Morgan fingerprint density at radius 3 is 1.32 bits per heavy atom. The summed E-state index contributed by atoms with van der Waals surface area (Å²) < 4.78 is 0. The maximum Gasteiger partial charge on any atom is 0.248 e. The first-order valence-electron chi connectivity index (χ1n) is 35.3. The minimum Gasteiger partial charge on any atom is -0.394 e. The third-order valence-electron chi connectivity index (χ3n) is 18.8. The molecule has 0 saturated carbocycles. The molecule has 3 saturated heterocycles. The molecule has 3 rings (SSSR count). The second-order valence-electron chi connectivity index (χ2n) is 30.8. The zero-order valence-electron chi connectivity index (χ0n) is 62.8. The molecule has 3 aliphatic heterocycles.